The van der Waals surface area contributed by atoms with Gasteiger partial charge in [-0.1, -0.05) is 23.7 Å². The van der Waals surface area contributed by atoms with E-state index in [1.807, 2.05) is 50.1 Å². The number of hydrogen-bond donors (Lipinski definition) is 0. The number of hydrogen-bond acceptors (Lipinski definition) is 3. The maximum Gasteiger partial charge on any atom is 0.322 e. The Morgan fingerprint density at radius 1 is 1.29 bits per heavy atom. The lowest BCUT2D eigenvalue weighted by atomic mass is 10.1. The van der Waals surface area contributed by atoms with Crippen molar-refractivity contribution in [3.8, 4) is 0 Å². The van der Waals surface area contributed by atoms with Crippen LogP contribution < -0.4 is 0 Å². The van der Waals surface area contributed by atoms with Gasteiger partial charge in [-0.25, -0.2) is 0 Å². The maximum absolute atomic E-state index is 11.5. The van der Waals surface area contributed by atoms with E-state index < -0.39 is 0 Å². The van der Waals surface area contributed by atoms with Crippen LogP contribution in [0.3, 0.4) is 0 Å². The molecule has 0 fully saturated rings. The second-order valence-electron chi connectivity index (χ2n) is 4.09. The molecule has 0 aliphatic rings. The highest BCUT2D eigenvalue weighted by atomic mass is 35.5. The monoisotopic (exact) mass is 255 g/mol. The molecule has 0 aromatic heterocycles. The van der Waals surface area contributed by atoms with Crippen LogP contribution in [0.5, 0.6) is 0 Å². The normalized spacial score (nSPS) is 14.5. The molecule has 0 spiro atoms. The smallest absolute Gasteiger partial charge is 0.322 e. The number of ether oxygens (including phenoxy) is 1. The van der Waals surface area contributed by atoms with E-state index in [1.54, 1.807) is 0 Å². The summed E-state index contributed by atoms with van der Waals surface area (Å²) in [6.07, 6.45) is 0. The molecular weight excluding hydrogens is 238 g/mol. The zero-order valence-electron chi connectivity index (χ0n) is 10.6. The lowest BCUT2D eigenvalue weighted by molar-refractivity contribution is -0.146. The van der Waals surface area contributed by atoms with E-state index in [-0.39, 0.29) is 18.1 Å². The summed E-state index contributed by atoms with van der Waals surface area (Å²) in [4.78, 5) is 13.4. The molecule has 0 heterocycles. The minimum absolute atomic E-state index is 0.126. The number of methoxy groups -OCH3 is 1. The van der Waals surface area contributed by atoms with Crippen LogP contribution in [0.2, 0.25) is 5.02 Å². The standard InChI is InChI=1S/C13H18ClNO2/c1-9(11-5-7-12(14)8-6-11)15(3)10(2)13(16)17-4/h5-10H,1-4H3. The lowest BCUT2D eigenvalue weighted by Crippen LogP contribution is -2.38. The Kier molecular flexibility index (Phi) is 4.97. The molecule has 2 unspecified atom stereocenters. The van der Waals surface area contributed by atoms with Gasteiger partial charge in [0.15, 0.2) is 0 Å². The fourth-order valence-electron chi connectivity index (χ4n) is 1.65. The van der Waals surface area contributed by atoms with E-state index >= 15 is 0 Å². The third-order valence-corrected chi connectivity index (χ3v) is 3.37. The minimum atomic E-state index is -0.273. The van der Waals surface area contributed by atoms with Gasteiger partial charge in [0.25, 0.3) is 0 Å². The van der Waals surface area contributed by atoms with Crippen LogP contribution in [0.15, 0.2) is 24.3 Å². The van der Waals surface area contributed by atoms with E-state index in [0.717, 1.165) is 5.56 Å². The van der Waals surface area contributed by atoms with Crippen LogP contribution in [0.1, 0.15) is 25.5 Å². The highest BCUT2D eigenvalue weighted by Gasteiger charge is 2.23. The number of benzene rings is 1. The zero-order valence-corrected chi connectivity index (χ0v) is 11.4. The van der Waals surface area contributed by atoms with Gasteiger partial charge in [-0.3, -0.25) is 9.69 Å². The van der Waals surface area contributed by atoms with Crippen molar-refractivity contribution in [3.05, 3.63) is 34.9 Å². The largest absolute Gasteiger partial charge is 0.468 e. The Morgan fingerprint density at radius 3 is 2.29 bits per heavy atom. The highest BCUT2D eigenvalue weighted by Crippen LogP contribution is 2.22. The summed E-state index contributed by atoms with van der Waals surface area (Å²) in [6, 6.07) is 7.49. The van der Waals surface area contributed by atoms with Crippen molar-refractivity contribution in [3.63, 3.8) is 0 Å². The van der Waals surface area contributed by atoms with E-state index in [1.165, 1.54) is 7.11 Å². The number of esters is 1. The maximum atomic E-state index is 11.5. The second kappa shape index (κ2) is 6.03. The van der Waals surface area contributed by atoms with Gasteiger partial charge in [-0.2, -0.15) is 0 Å². The van der Waals surface area contributed by atoms with Crippen LogP contribution in [0, 0.1) is 0 Å². The molecule has 0 radical (unpaired) electrons. The van der Waals surface area contributed by atoms with Crippen LogP contribution >= 0.6 is 11.6 Å². The Labute approximate surface area is 107 Å². The molecule has 1 rings (SSSR count). The number of halogens is 1. The molecule has 17 heavy (non-hydrogen) atoms. The first-order valence-corrected chi connectivity index (χ1v) is 5.90. The van der Waals surface area contributed by atoms with Gasteiger partial charge in [0, 0.05) is 11.1 Å². The molecule has 0 amide bonds. The van der Waals surface area contributed by atoms with Gasteiger partial charge < -0.3 is 4.74 Å². The lowest BCUT2D eigenvalue weighted by Gasteiger charge is -2.29. The highest BCUT2D eigenvalue weighted by molar-refractivity contribution is 6.30. The first-order chi connectivity index (χ1) is 7.97. The van der Waals surface area contributed by atoms with Crippen molar-refractivity contribution in [1.29, 1.82) is 0 Å². The third kappa shape index (κ3) is 3.45. The molecule has 0 bridgehead atoms. The van der Waals surface area contributed by atoms with E-state index in [9.17, 15) is 4.79 Å². The Morgan fingerprint density at radius 2 is 1.82 bits per heavy atom. The molecule has 0 saturated heterocycles. The van der Waals surface area contributed by atoms with Crippen molar-refractivity contribution in [1.82, 2.24) is 4.90 Å². The SMILES string of the molecule is COC(=O)C(C)N(C)C(C)c1ccc(Cl)cc1. The number of nitrogens with zero attached hydrogens (tertiary/aromatic N) is 1. The van der Waals surface area contributed by atoms with E-state index in [2.05, 4.69) is 0 Å². The summed E-state index contributed by atoms with van der Waals surface area (Å²) in [5.41, 5.74) is 1.12. The van der Waals surface area contributed by atoms with Crippen molar-refractivity contribution in [2.45, 2.75) is 25.9 Å². The first-order valence-electron chi connectivity index (χ1n) is 5.52. The van der Waals surface area contributed by atoms with Gasteiger partial charge in [0.2, 0.25) is 0 Å². The fourth-order valence-corrected chi connectivity index (χ4v) is 1.77. The molecule has 2 atom stereocenters. The molecule has 0 aliphatic heterocycles. The summed E-state index contributed by atoms with van der Waals surface area (Å²) in [6.45, 7) is 3.88. The van der Waals surface area contributed by atoms with Crippen LogP contribution in [0.4, 0.5) is 0 Å². The molecule has 94 valence electrons. The van der Waals surface area contributed by atoms with Crippen LogP contribution in [0.25, 0.3) is 0 Å². The van der Waals surface area contributed by atoms with Gasteiger partial charge in [0.05, 0.1) is 7.11 Å². The van der Waals surface area contributed by atoms with Gasteiger partial charge in [-0.05, 0) is 38.6 Å². The molecule has 0 aliphatic carbocycles. The number of rotatable bonds is 4. The minimum Gasteiger partial charge on any atom is -0.468 e. The summed E-state index contributed by atoms with van der Waals surface area (Å²) >= 11 is 5.84. The van der Waals surface area contributed by atoms with Gasteiger partial charge >= 0.3 is 5.97 Å². The summed E-state index contributed by atoms with van der Waals surface area (Å²) in [5, 5.41) is 0.713. The topological polar surface area (TPSA) is 29.5 Å². The third-order valence-electron chi connectivity index (χ3n) is 3.12. The van der Waals surface area contributed by atoms with Crippen molar-refractivity contribution in [2.75, 3.05) is 14.2 Å². The van der Waals surface area contributed by atoms with Crippen LogP contribution in [-0.4, -0.2) is 31.1 Å². The summed E-state index contributed by atoms with van der Waals surface area (Å²) in [7, 11) is 3.31. The Balaban J connectivity index is 2.78. The molecular formula is C13H18ClNO2. The zero-order chi connectivity index (χ0) is 13.0. The predicted octanol–water partition coefficient (Wildman–Crippen LogP) is 2.89. The quantitative estimate of drug-likeness (QED) is 0.775. The Bertz CT molecular complexity index is 378. The second-order valence-corrected chi connectivity index (χ2v) is 4.53. The van der Waals surface area contributed by atoms with E-state index in [0.29, 0.717) is 5.02 Å². The molecule has 4 heteroatoms. The van der Waals surface area contributed by atoms with Crippen molar-refractivity contribution < 1.29 is 9.53 Å². The number of likely N-dealkylation sites (N-methyl/N-ethyl adjacent to an activating group) is 1. The van der Waals surface area contributed by atoms with Crippen molar-refractivity contribution >= 4 is 17.6 Å². The fraction of sp³-hybridized carbons (Fsp3) is 0.462. The summed E-state index contributed by atoms with van der Waals surface area (Å²) in [5.74, 6) is -0.228. The number of carbonyl (C=O) groups is 1. The average Bonchev–Trinajstić information content (AvgIpc) is 2.36. The first kappa shape index (κ1) is 14.0. The molecule has 1 aromatic carbocycles. The summed E-state index contributed by atoms with van der Waals surface area (Å²) < 4.78 is 4.74. The van der Waals surface area contributed by atoms with Crippen molar-refractivity contribution in [2.24, 2.45) is 0 Å². The van der Waals surface area contributed by atoms with Gasteiger partial charge in [0.1, 0.15) is 6.04 Å². The van der Waals surface area contributed by atoms with E-state index in [4.69, 9.17) is 16.3 Å². The molecule has 0 N–H and O–H groups in total. The van der Waals surface area contributed by atoms with Gasteiger partial charge in [-0.15, -0.1) is 0 Å². The Hall–Kier alpha value is -1.06. The molecule has 0 saturated carbocycles. The molecule has 1 aromatic rings. The van der Waals surface area contributed by atoms with Crippen LogP contribution in [-0.2, 0) is 9.53 Å². The number of carbonyl (C=O) groups excluding carboxylic acids is 1. The molecule has 3 nitrogen and oxygen atoms in total. The predicted molar refractivity (Wildman–Crippen MR) is 69.1 cm³/mol. The average molecular weight is 256 g/mol.